The van der Waals surface area contributed by atoms with E-state index in [-0.39, 0.29) is 0 Å². The van der Waals surface area contributed by atoms with Crippen molar-refractivity contribution in [3.63, 3.8) is 0 Å². The number of hydrogen-bond donors (Lipinski definition) is 0. The molecule has 6 heteroatoms. The van der Waals surface area contributed by atoms with Gasteiger partial charge >= 0.3 is 5.88 Å². The topological polar surface area (TPSA) is 55.7 Å². The second kappa shape index (κ2) is 4.50. The molecule has 3 aromatic heterocycles. The van der Waals surface area contributed by atoms with Gasteiger partial charge in [-0.05, 0) is 12.1 Å². The van der Waals surface area contributed by atoms with Gasteiger partial charge in [0.15, 0.2) is 24.1 Å². The Morgan fingerprint density at radius 2 is 1.95 bits per heavy atom. The summed E-state index contributed by atoms with van der Waals surface area (Å²) in [4.78, 5) is 14.0. The average Bonchev–Trinajstić information content (AvgIpc) is 3.17. The summed E-state index contributed by atoms with van der Waals surface area (Å²) in [5, 5.41) is 0. The zero-order valence-electron chi connectivity index (χ0n) is 10.3. The largest absolute Gasteiger partial charge is 0.412 e. The van der Waals surface area contributed by atoms with E-state index >= 15 is 0 Å². The molecule has 3 heterocycles. The summed E-state index contributed by atoms with van der Waals surface area (Å²) in [7, 11) is 0. The van der Waals surface area contributed by atoms with Crippen molar-refractivity contribution in [1.82, 2.24) is 15.0 Å². The van der Waals surface area contributed by atoms with Crippen molar-refractivity contribution < 1.29 is 8.37 Å². The van der Waals surface area contributed by atoms with Crippen molar-refractivity contribution in [2.75, 3.05) is 0 Å². The zero-order valence-corrected chi connectivity index (χ0v) is 11.1. The van der Waals surface area contributed by atoms with Crippen LogP contribution in [0.25, 0.3) is 27.5 Å². The van der Waals surface area contributed by atoms with Crippen LogP contribution in [0.1, 0.15) is 0 Å². The first kappa shape index (κ1) is 11.2. The Kier molecular flexibility index (Phi) is 2.53. The molecule has 0 spiro atoms. The molecule has 0 radical (unpaired) electrons. The van der Waals surface area contributed by atoms with Gasteiger partial charge in [-0.2, -0.15) is 0 Å². The van der Waals surface area contributed by atoms with Gasteiger partial charge in [0.25, 0.3) is 0 Å². The van der Waals surface area contributed by atoms with Gasteiger partial charge in [0.05, 0.1) is 17.2 Å². The van der Waals surface area contributed by atoms with Crippen LogP contribution in [-0.4, -0.2) is 15.0 Å². The maximum Gasteiger partial charge on any atom is 0.412 e. The number of aromatic nitrogens is 4. The summed E-state index contributed by atoms with van der Waals surface area (Å²) < 4.78 is 7.17. The molecule has 0 amide bonds. The van der Waals surface area contributed by atoms with Gasteiger partial charge in [-0.15, -0.1) is 0 Å². The molecule has 0 saturated carbocycles. The van der Waals surface area contributed by atoms with Gasteiger partial charge in [-0.1, -0.05) is 16.1 Å². The van der Waals surface area contributed by atoms with Crippen molar-refractivity contribution in [2.45, 2.75) is 0 Å². The predicted molar refractivity (Wildman–Crippen MR) is 74.4 cm³/mol. The molecule has 0 aliphatic heterocycles. The normalized spacial score (nSPS) is 11.0. The van der Waals surface area contributed by atoms with Gasteiger partial charge in [-0.3, -0.25) is 4.98 Å². The summed E-state index contributed by atoms with van der Waals surface area (Å²) in [6.07, 6.45) is 6.81. The Bertz CT molecular complexity index is 870. The second-order valence-corrected chi connectivity index (χ2v) is 5.20. The van der Waals surface area contributed by atoms with Gasteiger partial charge < -0.3 is 4.42 Å². The van der Waals surface area contributed by atoms with Crippen molar-refractivity contribution in [3.05, 3.63) is 55.3 Å². The van der Waals surface area contributed by atoms with Crippen LogP contribution in [0.2, 0.25) is 0 Å². The van der Waals surface area contributed by atoms with E-state index in [4.69, 9.17) is 4.42 Å². The SMILES string of the molecule is c1ccc2nc(-c3cc[n+](-c4cnco4)s3)cnc2c1. The third-order valence-corrected chi connectivity index (χ3v) is 3.94. The summed E-state index contributed by atoms with van der Waals surface area (Å²) in [6.45, 7) is 0. The van der Waals surface area contributed by atoms with Crippen LogP contribution in [0.3, 0.4) is 0 Å². The van der Waals surface area contributed by atoms with E-state index in [2.05, 4.69) is 15.0 Å². The molecule has 5 nitrogen and oxygen atoms in total. The fraction of sp³-hybridized carbons (Fsp3) is 0. The van der Waals surface area contributed by atoms with Crippen LogP contribution in [0, 0.1) is 0 Å². The van der Waals surface area contributed by atoms with Crippen LogP contribution < -0.4 is 3.96 Å². The lowest BCUT2D eigenvalue weighted by atomic mass is 10.3. The van der Waals surface area contributed by atoms with Crippen molar-refractivity contribution in [2.24, 2.45) is 0 Å². The maximum atomic E-state index is 5.27. The standard InChI is InChI=1S/C14H9N4OS/c1-2-4-11-10(3-1)16-7-12(17-11)13-5-6-18(20-13)14-8-15-9-19-14/h1-9H/q+1. The smallest absolute Gasteiger partial charge is 0.391 e. The quantitative estimate of drug-likeness (QED) is 0.530. The van der Waals surface area contributed by atoms with E-state index < -0.39 is 0 Å². The first-order valence-corrected chi connectivity index (χ1v) is 6.80. The Hall–Kier alpha value is -2.60. The van der Waals surface area contributed by atoms with Crippen LogP contribution in [0.15, 0.2) is 59.7 Å². The van der Waals surface area contributed by atoms with Gasteiger partial charge in [0.1, 0.15) is 16.8 Å². The molecule has 0 N–H and O–H groups in total. The Morgan fingerprint density at radius 3 is 2.80 bits per heavy atom. The lowest BCUT2D eigenvalue weighted by molar-refractivity contribution is -0.535. The lowest BCUT2D eigenvalue weighted by Crippen LogP contribution is -2.22. The number of rotatable bonds is 2. The molecule has 0 fully saturated rings. The van der Waals surface area contributed by atoms with Crippen molar-refractivity contribution >= 4 is 22.6 Å². The van der Waals surface area contributed by atoms with E-state index in [1.54, 1.807) is 12.4 Å². The molecule has 0 aliphatic carbocycles. The molecule has 0 aliphatic rings. The number of benzene rings is 1. The summed E-state index contributed by atoms with van der Waals surface area (Å²) in [5.41, 5.74) is 2.65. The van der Waals surface area contributed by atoms with Crippen LogP contribution in [0.5, 0.6) is 0 Å². The second-order valence-electron chi connectivity index (χ2n) is 4.18. The molecule has 0 bridgehead atoms. The monoisotopic (exact) mass is 281 g/mol. The van der Waals surface area contributed by atoms with Crippen molar-refractivity contribution in [1.29, 1.82) is 0 Å². The Labute approximate surface area is 118 Å². The molecule has 4 rings (SSSR count). The molecule has 1 aromatic carbocycles. The molecule has 0 saturated heterocycles. The predicted octanol–water partition coefficient (Wildman–Crippen LogP) is 2.62. The summed E-state index contributed by atoms with van der Waals surface area (Å²) >= 11 is 1.53. The minimum Gasteiger partial charge on any atom is -0.391 e. The minimum absolute atomic E-state index is 0.690. The van der Waals surface area contributed by atoms with E-state index in [9.17, 15) is 0 Å². The van der Waals surface area contributed by atoms with Crippen LogP contribution in [0.4, 0.5) is 0 Å². The maximum absolute atomic E-state index is 5.27. The van der Waals surface area contributed by atoms with Crippen LogP contribution >= 0.6 is 11.5 Å². The zero-order chi connectivity index (χ0) is 13.4. The third kappa shape index (κ3) is 1.86. The average molecular weight is 281 g/mol. The number of oxazole rings is 1. The van der Waals surface area contributed by atoms with Gasteiger partial charge in [0, 0.05) is 6.07 Å². The molecular formula is C14H9N4OS+. The van der Waals surface area contributed by atoms with E-state index in [0.717, 1.165) is 21.6 Å². The molecule has 20 heavy (non-hydrogen) atoms. The minimum atomic E-state index is 0.690. The molecule has 0 atom stereocenters. The van der Waals surface area contributed by atoms with Gasteiger partial charge in [0.2, 0.25) is 0 Å². The van der Waals surface area contributed by atoms with Crippen molar-refractivity contribution in [3.8, 4) is 16.5 Å². The molecule has 4 aromatic rings. The number of fused-ring (bicyclic) bond motifs is 1. The molecular weight excluding hydrogens is 272 g/mol. The van der Waals surface area contributed by atoms with E-state index in [0.29, 0.717) is 5.88 Å². The lowest BCUT2D eigenvalue weighted by Gasteiger charge is -1.97. The van der Waals surface area contributed by atoms with Crippen LogP contribution in [-0.2, 0) is 0 Å². The molecule has 96 valence electrons. The van der Waals surface area contributed by atoms with Gasteiger partial charge in [-0.25, -0.2) is 9.97 Å². The van der Waals surface area contributed by atoms with E-state index in [1.165, 1.54) is 17.9 Å². The first-order valence-electron chi connectivity index (χ1n) is 6.03. The highest BCUT2D eigenvalue weighted by Crippen LogP contribution is 2.22. The Balaban J connectivity index is 1.79. The first-order chi connectivity index (χ1) is 9.90. The highest BCUT2D eigenvalue weighted by molar-refractivity contribution is 7.05. The summed E-state index contributed by atoms with van der Waals surface area (Å²) in [6, 6.07) is 9.83. The Morgan fingerprint density at radius 1 is 1.05 bits per heavy atom. The summed E-state index contributed by atoms with van der Waals surface area (Å²) in [5.74, 6) is 0.690. The molecule has 0 unspecified atom stereocenters. The number of nitrogens with zero attached hydrogens (tertiary/aromatic N) is 4. The number of hydrogen-bond acceptors (Lipinski definition) is 5. The fourth-order valence-electron chi connectivity index (χ4n) is 1.95. The highest BCUT2D eigenvalue weighted by atomic mass is 32.1. The van der Waals surface area contributed by atoms with E-state index in [1.807, 2.05) is 40.5 Å². The number of para-hydroxylation sites is 2. The third-order valence-electron chi connectivity index (χ3n) is 2.90. The highest BCUT2D eigenvalue weighted by Gasteiger charge is 2.16. The fourth-order valence-corrected chi connectivity index (χ4v) is 2.77.